The second kappa shape index (κ2) is 12.1. The first-order valence-corrected chi connectivity index (χ1v) is 12.4. The molecular weight excluding hydrogens is 516 g/mol. The number of fused-ring (bicyclic) bond motifs is 1. The predicted molar refractivity (Wildman–Crippen MR) is 133 cm³/mol. The molecule has 4 amide bonds. The summed E-state index contributed by atoms with van der Waals surface area (Å²) < 4.78 is 0. The van der Waals surface area contributed by atoms with Crippen molar-refractivity contribution in [2.24, 2.45) is 0 Å². The van der Waals surface area contributed by atoms with Crippen LogP contribution in [0.2, 0.25) is 0 Å². The van der Waals surface area contributed by atoms with Crippen LogP contribution in [0.15, 0.2) is 41.8 Å². The molecule has 0 unspecified atom stereocenters. The maximum absolute atomic E-state index is 13.3. The average molecular weight is 541 g/mol. The summed E-state index contributed by atoms with van der Waals surface area (Å²) in [6.45, 7) is -0.417. The van der Waals surface area contributed by atoms with E-state index in [0.29, 0.717) is 10.6 Å². The highest BCUT2D eigenvalue weighted by Crippen LogP contribution is 2.32. The number of para-hydroxylation sites is 1. The largest absolute Gasteiger partial charge is 0.481 e. The Kier molecular flexibility index (Phi) is 8.37. The number of rotatable bonds is 11. The summed E-state index contributed by atoms with van der Waals surface area (Å²) in [6, 6.07) is 8.48. The van der Waals surface area contributed by atoms with Crippen molar-refractivity contribution in [3.8, 4) is 0 Å². The molecule has 0 radical (unpaired) electrons. The van der Waals surface area contributed by atoms with Crippen LogP contribution in [0.5, 0.6) is 0 Å². The number of thiophene rings is 1. The third kappa shape index (κ3) is 6.36. The highest BCUT2D eigenvalue weighted by Gasteiger charge is 2.38. The Bertz CT molecular complexity index is 1310. The van der Waals surface area contributed by atoms with Gasteiger partial charge in [-0.15, -0.1) is 21.5 Å². The summed E-state index contributed by atoms with van der Waals surface area (Å²) in [4.78, 5) is 64.2. The van der Waals surface area contributed by atoms with Crippen LogP contribution in [-0.4, -0.2) is 67.9 Å². The number of nitrogens with one attached hydrogen (secondary N) is 4. The second-order valence-corrected chi connectivity index (χ2v) is 9.26. The van der Waals surface area contributed by atoms with Crippen molar-refractivity contribution in [1.82, 2.24) is 36.6 Å². The number of aromatic amines is 1. The van der Waals surface area contributed by atoms with Gasteiger partial charge in [-0.2, -0.15) is 5.21 Å². The van der Waals surface area contributed by atoms with Gasteiger partial charge in [-0.05, 0) is 23.1 Å². The Hall–Kier alpha value is -4.66. The smallest absolute Gasteiger partial charge is 0.303 e. The van der Waals surface area contributed by atoms with Crippen LogP contribution in [0.4, 0.5) is 5.69 Å². The second-order valence-electron chi connectivity index (χ2n) is 8.29. The van der Waals surface area contributed by atoms with Gasteiger partial charge in [0.2, 0.25) is 23.6 Å². The number of hydrogen-bond acceptors (Lipinski definition) is 9. The lowest BCUT2D eigenvalue weighted by Crippen LogP contribution is -2.51. The van der Waals surface area contributed by atoms with Crippen LogP contribution in [0, 0.1) is 0 Å². The van der Waals surface area contributed by atoms with Gasteiger partial charge in [0, 0.05) is 23.4 Å². The third-order valence-electron chi connectivity index (χ3n) is 5.73. The van der Waals surface area contributed by atoms with Crippen LogP contribution in [0.25, 0.3) is 0 Å². The minimum Gasteiger partial charge on any atom is -0.481 e. The number of nitrogens with zero attached hydrogens (tertiary/aromatic N) is 4. The Balaban J connectivity index is 1.43. The summed E-state index contributed by atoms with van der Waals surface area (Å²) in [5.74, 6) is -3.05. The topological polar surface area (TPSA) is 199 Å². The van der Waals surface area contributed by atoms with Crippen molar-refractivity contribution < 1.29 is 29.1 Å². The number of amides is 4. The van der Waals surface area contributed by atoms with E-state index in [2.05, 4.69) is 36.6 Å². The summed E-state index contributed by atoms with van der Waals surface area (Å²) >= 11 is 1.23. The van der Waals surface area contributed by atoms with E-state index in [1.807, 2.05) is 12.1 Å². The number of anilines is 1. The van der Waals surface area contributed by atoms with Gasteiger partial charge < -0.3 is 21.1 Å². The zero-order chi connectivity index (χ0) is 27.1. The zero-order valence-electron chi connectivity index (χ0n) is 19.9. The number of aliphatic carboxylic acids is 1. The van der Waals surface area contributed by atoms with Gasteiger partial charge >= 0.3 is 5.97 Å². The first-order valence-electron chi connectivity index (χ1n) is 11.6. The number of carboxylic acids is 1. The van der Waals surface area contributed by atoms with Crippen LogP contribution < -0.4 is 20.9 Å². The third-order valence-corrected chi connectivity index (χ3v) is 6.67. The zero-order valence-corrected chi connectivity index (χ0v) is 20.7. The standard InChI is InChI=1S/C23H24N8O6S/c32-18(7-8-20(34)35)26-21(16-6-3-9-38-16)23(37)25-12-19(33)31-14-5-2-1-4-13(14)10-15(31)22(36)24-11-17-27-29-30-28-17/h1-6,9,15,21H,7-8,10-12H2,(H,24,36)(H,25,37)(H,26,32)(H,34,35)(H,27,28,29,30)/t15-,21-/m0/s1. The molecule has 0 fully saturated rings. The lowest BCUT2D eigenvalue weighted by atomic mass is 10.1. The van der Waals surface area contributed by atoms with Crippen molar-refractivity contribution in [3.05, 3.63) is 58.0 Å². The molecule has 2 atom stereocenters. The number of benzene rings is 1. The molecule has 0 aliphatic carbocycles. The molecule has 0 saturated carbocycles. The van der Waals surface area contributed by atoms with Crippen molar-refractivity contribution in [1.29, 1.82) is 0 Å². The van der Waals surface area contributed by atoms with E-state index in [1.54, 1.807) is 29.6 Å². The Morgan fingerprint density at radius 2 is 1.92 bits per heavy atom. The minimum absolute atomic E-state index is 0.0189. The molecule has 0 bridgehead atoms. The lowest BCUT2D eigenvalue weighted by Gasteiger charge is -2.25. The molecule has 4 rings (SSSR count). The van der Waals surface area contributed by atoms with Gasteiger partial charge in [-0.25, -0.2) is 0 Å². The Morgan fingerprint density at radius 1 is 1.11 bits per heavy atom. The van der Waals surface area contributed by atoms with Gasteiger partial charge in [-0.1, -0.05) is 29.5 Å². The number of hydrogen-bond donors (Lipinski definition) is 5. The molecular formula is C23H24N8O6S. The van der Waals surface area contributed by atoms with E-state index in [0.717, 1.165) is 5.56 Å². The molecule has 198 valence electrons. The van der Waals surface area contributed by atoms with E-state index >= 15 is 0 Å². The van der Waals surface area contributed by atoms with Crippen molar-refractivity contribution >= 4 is 46.6 Å². The SMILES string of the molecule is O=C(O)CCC(=O)N[C@H](C(=O)NCC(=O)N1c2ccccc2C[C@H]1C(=O)NCc1nn[nH]n1)c1cccs1. The molecule has 1 aromatic carbocycles. The predicted octanol–water partition coefficient (Wildman–Crippen LogP) is -0.326. The van der Waals surface area contributed by atoms with E-state index in [-0.39, 0.29) is 31.6 Å². The molecule has 1 aliphatic rings. The number of tetrazole rings is 1. The van der Waals surface area contributed by atoms with Gasteiger partial charge in [0.15, 0.2) is 5.82 Å². The Morgan fingerprint density at radius 3 is 2.63 bits per heavy atom. The molecule has 14 nitrogen and oxygen atoms in total. The maximum atomic E-state index is 13.3. The number of carbonyl (C=O) groups excluding carboxylic acids is 4. The van der Waals surface area contributed by atoms with E-state index in [1.165, 1.54) is 16.2 Å². The maximum Gasteiger partial charge on any atom is 0.303 e. The molecule has 38 heavy (non-hydrogen) atoms. The Labute approximate surface area is 219 Å². The first kappa shape index (κ1) is 26.4. The van der Waals surface area contributed by atoms with Crippen LogP contribution in [0.1, 0.15) is 35.1 Å². The average Bonchev–Trinajstić information content (AvgIpc) is 3.68. The summed E-state index contributed by atoms with van der Waals surface area (Å²) in [7, 11) is 0. The number of carbonyl (C=O) groups is 5. The minimum atomic E-state index is -1.13. The van der Waals surface area contributed by atoms with Crippen LogP contribution in [-0.2, 0) is 36.9 Å². The van der Waals surface area contributed by atoms with Crippen molar-refractivity contribution in [2.75, 3.05) is 11.4 Å². The summed E-state index contributed by atoms with van der Waals surface area (Å²) in [5.41, 5.74) is 1.36. The normalized spacial score (nSPS) is 14.8. The van der Waals surface area contributed by atoms with Crippen LogP contribution in [0.3, 0.4) is 0 Å². The van der Waals surface area contributed by atoms with E-state index in [4.69, 9.17) is 5.11 Å². The van der Waals surface area contributed by atoms with E-state index < -0.39 is 48.2 Å². The van der Waals surface area contributed by atoms with Gasteiger partial charge in [0.25, 0.3) is 0 Å². The number of aromatic nitrogens is 4. The highest BCUT2D eigenvalue weighted by atomic mass is 32.1. The quantitative estimate of drug-likeness (QED) is 0.216. The lowest BCUT2D eigenvalue weighted by molar-refractivity contribution is -0.139. The van der Waals surface area contributed by atoms with Gasteiger partial charge in [0.05, 0.1) is 19.5 Å². The summed E-state index contributed by atoms with van der Waals surface area (Å²) in [5, 5.41) is 31.6. The highest BCUT2D eigenvalue weighted by molar-refractivity contribution is 7.10. The fraction of sp³-hybridized carbons (Fsp3) is 0.304. The van der Waals surface area contributed by atoms with E-state index in [9.17, 15) is 24.0 Å². The van der Waals surface area contributed by atoms with Crippen LogP contribution >= 0.6 is 11.3 Å². The molecule has 2 aromatic heterocycles. The first-order chi connectivity index (χ1) is 18.3. The molecule has 1 aliphatic heterocycles. The molecule has 15 heteroatoms. The van der Waals surface area contributed by atoms with Gasteiger partial charge in [0.1, 0.15) is 12.1 Å². The fourth-order valence-corrected chi connectivity index (χ4v) is 4.74. The molecule has 3 heterocycles. The van der Waals surface area contributed by atoms with Crippen molar-refractivity contribution in [3.63, 3.8) is 0 Å². The van der Waals surface area contributed by atoms with Gasteiger partial charge in [-0.3, -0.25) is 28.9 Å². The molecule has 0 saturated heterocycles. The molecule has 3 aromatic rings. The summed E-state index contributed by atoms with van der Waals surface area (Å²) in [6.07, 6.45) is -0.395. The monoisotopic (exact) mass is 540 g/mol. The van der Waals surface area contributed by atoms with Crippen molar-refractivity contribution in [2.45, 2.75) is 37.9 Å². The molecule has 5 N–H and O–H groups in total. The number of H-pyrrole nitrogens is 1. The molecule has 0 spiro atoms. The fourth-order valence-electron chi connectivity index (χ4n) is 3.97. The number of carboxylic acid groups (broad SMARTS) is 1.